The molecule has 2 saturated heterocycles. The first-order chi connectivity index (χ1) is 15.9. The minimum atomic E-state index is -3.46. The molecule has 9 nitrogen and oxygen atoms in total. The summed E-state index contributed by atoms with van der Waals surface area (Å²) in [7, 11) is -1.89. The van der Waals surface area contributed by atoms with Crippen molar-refractivity contribution >= 4 is 21.8 Å². The molecule has 0 aliphatic carbocycles. The van der Waals surface area contributed by atoms with E-state index in [0.29, 0.717) is 51.4 Å². The Morgan fingerprint density at radius 3 is 2.67 bits per heavy atom. The van der Waals surface area contributed by atoms with Gasteiger partial charge in [0.1, 0.15) is 5.75 Å². The Balaban J connectivity index is 1.75. The number of benzene rings is 1. The van der Waals surface area contributed by atoms with Crippen LogP contribution in [-0.4, -0.2) is 81.7 Å². The van der Waals surface area contributed by atoms with Gasteiger partial charge in [-0.1, -0.05) is 31.5 Å². The zero-order valence-electron chi connectivity index (χ0n) is 19.5. The minimum absolute atomic E-state index is 0.0244. The van der Waals surface area contributed by atoms with E-state index in [1.807, 2.05) is 24.3 Å². The number of nitrogens with zero attached hydrogens (tertiary/aromatic N) is 2. The molecule has 2 unspecified atom stereocenters. The molecule has 2 atom stereocenters. The van der Waals surface area contributed by atoms with Crippen LogP contribution < -0.4 is 10.1 Å². The number of ether oxygens (including phenoxy) is 2. The van der Waals surface area contributed by atoms with E-state index in [-0.39, 0.29) is 24.1 Å². The maximum absolute atomic E-state index is 13.3. The van der Waals surface area contributed by atoms with Crippen molar-refractivity contribution in [2.75, 3.05) is 52.3 Å². The fraction of sp³-hybridized carbons (Fsp3) is 0.652. The number of para-hydroxylation sites is 1. The van der Waals surface area contributed by atoms with E-state index in [0.717, 1.165) is 18.4 Å². The zero-order chi connectivity index (χ0) is 23.8. The van der Waals surface area contributed by atoms with Crippen LogP contribution in [0.15, 0.2) is 24.3 Å². The molecule has 2 amide bonds. The summed E-state index contributed by atoms with van der Waals surface area (Å²) in [6.45, 7) is 4.09. The van der Waals surface area contributed by atoms with Gasteiger partial charge in [0, 0.05) is 38.2 Å². The first-order valence-electron chi connectivity index (χ1n) is 11.6. The van der Waals surface area contributed by atoms with Gasteiger partial charge >= 0.3 is 0 Å². The Hall–Kier alpha value is -2.17. The number of amides is 2. The summed E-state index contributed by atoms with van der Waals surface area (Å²) in [4.78, 5) is 27.9. The zero-order valence-corrected chi connectivity index (χ0v) is 20.3. The van der Waals surface area contributed by atoms with Crippen LogP contribution >= 0.6 is 0 Å². The van der Waals surface area contributed by atoms with Crippen LogP contribution in [-0.2, 0) is 24.3 Å². The van der Waals surface area contributed by atoms with Crippen molar-refractivity contribution in [2.45, 2.75) is 38.6 Å². The SMILES string of the molecule is CCCCN1C(=O)CCC(C(=O)NCCS(=O)(=O)N2CCOCC2)C1c1ccccc1OC. The Morgan fingerprint density at radius 2 is 1.97 bits per heavy atom. The van der Waals surface area contributed by atoms with Crippen LogP contribution in [0, 0.1) is 5.92 Å². The minimum Gasteiger partial charge on any atom is -0.496 e. The largest absolute Gasteiger partial charge is 0.496 e. The number of hydrogen-bond acceptors (Lipinski definition) is 6. The van der Waals surface area contributed by atoms with E-state index in [4.69, 9.17) is 9.47 Å². The fourth-order valence-corrected chi connectivity index (χ4v) is 5.83. The summed E-state index contributed by atoms with van der Waals surface area (Å²) in [5.74, 6) is -0.229. The summed E-state index contributed by atoms with van der Waals surface area (Å²) < 4.78 is 37.3. The lowest BCUT2D eigenvalue weighted by molar-refractivity contribution is -0.143. The molecule has 2 heterocycles. The lowest BCUT2D eigenvalue weighted by Gasteiger charge is -2.41. The molecule has 1 aromatic carbocycles. The van der Waals surface area contributed by atoms with Crippen molar-refractivity contribution in [2.24, 2.45) is 5.92 Å². The van der Waals surface area contributed by atoms with Crippen LogP contribution in [0.25, 0.3) is 0 Å². The second-order valence-electron chi connectivity index (χ2n) is 8.39. The van der Waals surface area contributed by atoms with Gasteiger partial charge in [-0.05, 0) is 18.9 Å². The number of sulfonamides is 1. The number of carbonyl (C=O) groups is 2. The van der Waals surface area contributed by atoms with E-state index in [1.54, 1.807) is 12.0 Å². The quantitative estimate of drug-likeness (QED) is 0.544. The number of likely N-dealkylation sites (tertiary alicyclic amines) is 1. The smallest absolute Gasteiger partial charge is 0.225 e. The summed E-state index contributed by atoms with van der Waals surface area (Å²) in [5, 5.41) is 2.82. The Kier molecular flexibility index (Phi) is 9.10. The van der Waals surface area contributed by atoms with E-state index < -0.39 is 22.0 Å². The van der Waals surface area contributed by atoms with Crippen LogP contribution in [0.4, 0.5) is 0 Å². The lowest BCUT2D eigenvalue weighted by Crippen LogP contribution is -2.49. The van der Waals surface area contributed by atoms with Crippen molar-refractivity contribution < 1.29 is 27.5 Å². The third kappa shape index (κ3) is 6.24. The van der Waals surface area contributed by atoms with E-state index >= 15 is 0 Å². The summed E-state index contributed by atoms with van der Waals surface area (Å²) in [5.41, 5.74) is 0.797. The number of unbranched alkanes of at least 4 members (excludes halogenated alkanes) is 1. The number of methoxy groups -OCH3 is 1. The second kappa shape index (κ2) is 11.8. The molecule has 2 fully saturated rings. The lowest BCUT2D eigenvalue weighted by atomic mass is 9.83. The van der Waals surface area contributed by atoms with Gasteiger partial charge < -0.3 is 19.7 Å². The standard InChI is InChI=1S/C23H35N3O6S/c1-3-4-12-26-21(27)10-9-19(22(26)18-7-5-6-8-20(18)31-2)23(28)24-11-17-33(29,30)25-13-15-32-16-14-25/h5-8,19,22H,3-4,9-17H2,1-2H3,(H,24,28). The van der Waals surface area contributed by atoms with Gasteiger partial charge in [-0.25, -0.2) is 8.42 Å². The number of rotatable bonds is 10. The highest BCUT2D eigenvalue weighted by atomic mass is 32.2. The van der Waals surface area contributed by atoms with Crippen molar-refractivity contribution in [3.63, 3.8) is 0 Å². The second-order valence-corrected chi connectivity index (χ2v) is 10.5. The predicted octanol–water partition coefficient (Wildman–Crippen LogP) is 1.55. The Labute approximate surface area is 196 Å². The summed E-state index contributed by atoms with van der Waals surface area (Å²) in [6.07, 6.45) is 2.47. The molecule has 0 spiro atoms. The average molecular weight is 482 g/mol. The molecule has 1 aromatic rings. The van der Waals surface area contributed by atoms with Gasteiger partial charge in [0.2, 0.25) is 21.8 Å². The van der Waals surface area contributed by atoms with Crippen molar-refractivity contribution in [1.82, 2.24) is 14.5 Å². The Morgan fingerprint density at radius 1 is 1.24 bits per heavy atom. The highest BCUT2D eigenvalue weighted by molar-refractivity contribution is 7.89. The molecule has 2 aliphatic heterocycles. The topological polar surface area (TPSA) is 105 Å². The number of hydrogen-bond donors (Lipinski definition) is 1. The average Bonchev–Trinajstić information content (AvgIpc) is 2.83. The molecule has 1 N–H and O–H groups in total. The molecule has 33 heavy (non-hydrogen) atoms. The van der Waals surface area contributed by atoms with Crippen LogP contribution in [0.3, 0.4) is 0 Å². The van der Waals surface area contributed by atoms with Gasteiger partial charge in [0.25, 0.3) is 0 Å². The molecule has 0 radical (unpaired) electrons. The molecule has 3 rings (SSSR count). The van der Waals surface area contributed by atoms with E-state index in [2.05, 4.69) is 12.2 Å². The number of nitrogens with one attached hydrogen (secondary N) is 1. The van der Waals surface area contributed by atoms with Gasteiger partial charge in [-0.3, -0.25) is 9.59 Å². The maximum Gasteiger partial charge on any atom is 0.225 e. The predicted molar refractivity (Wildman–Crippen MR) is 124 cm³/mol. The van der Waals surface area contributed by atoms with E-state index in [1.165, 1.54) is 4.31 Å². The highest BCUT2D eigenvalue weighted by Crippen LogP contribution is 2.40. The molecule has 2 aliphatic rings. The first-order valence-corrected chi connectivity index (χ1v) is 13.3. The van der Waals surface area contributed by atoms with Crippen molar-refractivity contribution in [3.8, 4) is 5.75 Å². The van der Waals surface area contributed by atoms with Crippen molar-refractivity contribution in [3.05, 3.63) is 29.8 Å². The molecular weight excluding hydrogens is 446 g/mol. The molecular formula is C23H35N3O6S. The summed E-state index contributed by atoms with van der Waals surface area (Å²) >= 11 is 0. The van der Waals surface area contributed by atoms with Gasteiger partial charge in [-0.15, -0.1) is 0 Å². The number of piperidine rings is 1. The molecule has 0 saturated carbocycles. The molecule has 0 bridgehead atoms. The maximum atomic E-state index is 13.3. The first kappa shape index (κ1) is 25.5. The van der Waals surface area contributed by atoms with Gasteiger partial charge in [0.05, 0.1) is 38.0 Å². The van der Waals surface area contributed by atoms with E-state index in [9.17, 15) is 18.0 Å². The normalized spacial score (nSPS) is 22.2. The monoisotopic (exact) mass is 481 g/mol. The molecule has 184 valence electrons. The van der Waals surface area contributed by atoms with Crippen LogP contribution in [0.2, 0.25) is 0 Å². The fourth-order valence-electron chi connectivity index (χ4n) is 4.50. The summed E-state index contributed by atoms with van der Waals surface area (Å²) in [6, 6.07) is 7.00. The highest BCUT2D eigenvalue weighted by Gasteiger charge is 2.41. The molecule has 0 aromatic heterocycles. The number of morpholine rings is 1. The number of carbonyl (C=O) groups excluding carboxylic acids is 2. The molecule has 10 heteroatoms. The van der Waals surface area contributed by atoms with Gasteiger partial charge in [-0.2, -0.15) is 4.31 Å². The third-order valence-corrected chi connectivity index (χ3v) is 8.15. The van der Waals surface area contributed by atoms with Gasteiger partial charge in [0.15, 0.2) is 0 Å². The van der Waals surface area contributed by atoms with Crippen LogP contribution in [0.1, 0.15) is 44.2 Å². The van der Waals surface area contributed by atoms with Crippen molar-refractivity contribution in [1.29, 1.82) is 0 Å². The Bertz CT molecular complexity index is 917. The van der Waals surface area contributed by atoms with Crippen LogP contribution in [0.5, 0.6) is 5.75 Å². The third-order valence-electron chi connectivity index (χ3n) is 6.28.